The van der Waals surface area contributed by atoms with Crippen molar-refractivity contribution in [1.82, 2.24) is 0 Å². The molecule has 0 saturated heterocycles. The van der Waals surface area contributed by atoms with Gasteiger partial charge >= 0.3 is 84.2 Å². The summed E-state index contributed by atoms with van der Waals surface area (Å²) in [6.07, 6.45) is 17.4. The minimum absolute atomic E-state index is 0. The van der Waals surface area contributed by atoms with E-state index in [1.807, 2.05) is 6.92 Å². The van der Waals surface area contributed by atoms with Gasteiger partial charge in [0.2, 0.25) is 0 Å². The van der Waals surface area contributed by atoms with E-state index in [0.29, 0.717) is 0 Å². The van der Waals surface area contributed by atoms with Crippen LogP contribution in [0.25, 0.3) is 0 Å². The Kier molecular flexibility index (Phi) is 23.3. The van der Waals surface area contributed by atoms with Crippen LogP contribution in [0.1, 0.15) is 6.92 Å². The fraction of sp³-hybridized carbons (Fsp3) is 0.0256. The monoisotopic (exact) mass is 974 g/mol. The van der Waals surface area contributed by atoms with Crippen molar-refractivity contribution in [3.05, 3.63) is 210 Å². The van der Waals surface area contributed by atoms with Gasteiger partial charge in [-0.25, -0.2) is 0 Å². The van der Waals surface area contributed by atoms with Crippen molar-refractivity contribution >= 4 is 56.5 Å². The molecule has 4 aromatic rings. The van der Waals surface area contributed by atoms with Gasteiger partial charge in [0.15, 0.2) is 0 Å². The third kappa shape index (κ3) is 22.8. The van der Waals surface area contributed by atoms with Crippen LogP contribution in [0.5, 0.6) is 0 Å². The zero-order valence-electron chi connectivity index (χ0n) is 27.3. The van der Waals surface area contributed by atoms with E-state index < -0.39 is 35.3 Å². The van der Waals surface area contributed by atoms with Gasteiger partial charge in [-0.1, -0.05) is 128 Å². The Balaban J connectivity index is 0.000000716. The Labute approximate surface area is 329 Å². The molecule has 2 aliphatic rings. The maximum Gasteiger partial charge on any atom is 2.00 e. The Morgan fingerprint density at radius 2 is 0.647 bits per heavy atom. The third-order valence-corrected chi connectivity index (χ3v) is 10.8. The van der Waals surface area contributed by atoms with Crippen molar-refractivity contribution in [1.29, 1.82) is 0 Å². The smallest absolute Gasteiger partial charge is 2.00 e. The summed E-state index contributed by atoms with van der Waals surface area (Å²) in [5.74, 6) is 0.917. The van der Waals surface area contributed by atoms with Gasteiger partial charge in [-0.05, 0) is 108 Å². The quantitative estimate of drug-likeness (QED) is 0.0604. The largest absolute Gasteiger partial charge is 2.00 e. The molecule has 2 saturated carbocycles. The molecule has 0 bridgehead atoms. The van der Waals surface area contributed by atoms with Gasteiger partial charge in [0.1, 0.15) is 0 Å². The van der Waals surface area contributed by atoms with E-state index in [4.69, 9.17) is 4.65 Å². The van der Waals surface area contributed by atoms with Gasteiger partial charge in [-0.3, -0.25) is 0 Å². The molecule has 2 fully saturated rings. The van der Waals surface area contributed by atoms with Crippen molar-refractivity contribution in [2.75, 3.05) is 0 Å². The first-order valence-corrected chi connectivity index (χ1v) is 23.0. The van der Waals surface area contributed by atoms with Crippen LogP contribution in [0.3, 0.4) is 0 Å². The second-order valence-corrected chi connectivity index (χ2v) is 20.1. The summed E-state index contributed by atoms with van der Waals surface area (Å²) in [6.45, 7) is 13.2. The summed E-state index contributed by atoms with van der Waals surface area (Å²) >= 11 is -11.2. The second-order valence-electron chi connectivity index (χ2n) is 10.2. The molecule has 12 heteroatoms. The average molecular weight is 974 g/mol. The van der Waals surface area contributed by atoms with Crippen molar-refractivity contribution in [2.24, 2.45) is 0 Å². The topological polar surface area (TPSA) is 19.9 Å². The van der Waals surface area contributed by atoms with Crippen LogP contribution in [-0.2, 0) is 41.2 Å². The molecule has 1 nitrogen and oxygen atoms in total. The number of hydrogen-bond acceptors (Lipinski definition) is 0. The van der Waals surface area contributed by atoms with Crippen molar-refractivity contribution in [3.63, 3.8) is 0 Å². The van der Waals surface area contributed by atoms with Gasteiger partial charge in [0, 0.05) is 11.3 Å². The third-order valence-electron chi connectivity index (χ3n) is 5.86. The predicted octanol–water partition coefficient (Wildman–Crippen LogP) is 10.3. The van der Waals surface area contributed by atoms with Crippen molar-refractivity contribution < 1.29 is 58.1 Å². The first-order valence-electron chi connectivity index (χ1n) is 14.6. The molecule has 0 amide bonds. The molecule has 2 aliphatic carbocycles. The van der Waals surface area contributed by atoms with E-state index in [1.165, 1.54) is 32.5 Å². The molecule has 6 rings (SSSR count). The summed E-state index contributed by atoms with van der Waals surface area (Å²) in [5.41, 5.74) is 2.84. The van der Waals surface area contributed by atoms with Crippen LogP contribution < -0.4 is 21.2 Å². The summed E-state index contributed by atoms with van der Waals surface area (Å²) in [7, 11) is -0.818. The zero-order valence-corrected chi connectivity index (χ0v) is 34.5. The maximum absolute atomic E-state index is 11.2. The summed E-state index contributed by atoms with van der Waals surface area (Å²) in [6, 6.07) is 43.1. The van der Waals surface area contributed by atoms with E-state index in [2.05, 4.69) is 193 Å². The Hall–Kier alpha value is -0.979. The SMILES string of the molecule is [C-]#[O+].[CH2][C]([CH2])C.[CH]1[CH][CH][C](P(c2ccccc2)c2ccccc2)[CH]1.[CH]1[CH][CH][C](P(c2ccccc2)c2ccccc2)[CH]1.[F][Sb-]([F])([F])([F])([F])[F].[Fe+2].[Ru+2]. The fourth-order valence-electron chi connectivity index (χ4n) is 4.23. The Bertz CT molecular complexity index is 1290. The van der Waals surface area contributed by atoms with E-state index >= 15 is 0 Å². The molecule has 0 atom stereocenters. The van der Waals surface area contributed by atoms with E-state index in [-0.39, 0.29) is 36.5 Å². The molecule has 0 spiro atoms. The fourth-order valence-corrected chi connectivity index (χ4v) is 8.84. The molecule has 13 radical (unpaired) electrons. The molecule has 0 N–H and O–H groups in total. The van der Waals surface area contributed by atoms with E-state index in [9.17, 15) is 16.9 Å². The Morgan fingerprint density at radius 3 is 0.804 bits per heavy atom. The number of benzene rings is 4. The molecular formula is C39H35F6FeOP2RuSb+3. The van der Waals surface area contributed by atoms with Gasteiger partial charge in [0.25, 0.3) is 0 Å². The molecule has 51 heavy (non-hydrogen) atoms. The molecule has 267 valence electrons. The molecule has 0 unspecified atom stereocenters. The normalized spacial score (nSPS) is 15.4. The number of halogens is 6. The van der Waals surface area contributed by atoms with Crippen LogP contribution in [0.2, 0.25) is 0 Å². The second kappa shape index (κ2) is 23.7. The van der Waals surface area contributed by atoms with Crippen LogP contribution >= 0.6 is 15.8 Å². The molecule has 4 aromatic carbocycles. The summed E-state index contributed by atoms with van der Waals surface area (Å²) < 4.78 is 67.0. The molecule has 0 aliphatic heterocycles. The van der Waals surface area contributed by atoms with E-state index in [0.717, 1.165) is 5.92 Å². The minimum Gasteiger partial charge on any atom is 2.00 e. The van der Waals surface area contributed by atoms with E-state index in [1.54, 1.807) is 0 Å². The van der Waals surface area contributed by atoms with Crippen LogP contribution in [0.15, 0.2) is 121 Å². The summed E-state index contributed by atoms with van der Waals surface area (Å²) in [5, 5.41) is 5.63. The van der Waals surface area contributed by atoms with Crippen LogP contribution in [0, 0.1) is 89.1 Å². The first-order chi connectivity index (χ1) is 23.1. The first kappa shape index (κ1) is 50.0. The van der Waals surface area contributed by atoms with Crippen molar-refractivity contribution in [2.45, 2.75) is 6.92 Å². The minimum atomic E-state index is -11.2. The number of rotatable bonds is 6. The number of hydrogen-bond donors (Lipinski definition) is 0. The van der Waals surface area contributed by atoms with Crippen molar-refractivity contribution in [3.8, 4) is 0 Å². The Morgan fingerprint density at radius 1 is 0.490 bits per heavy atom. The standard InChI is InChI=1S/2C17H14P.C4H7.CO.6FH.Fe.Ru.Sb/c2*1-3-9-15(10-4-1)18(17-13-7-8-14-17)16-11-5-2-6-12-16;1-4(2)3;1-2;;;;;;;;;/h2*1-14H;1-2H2,3H3;;6*1H;;;/q;;;;;;;;;;2*+2;+5/p-6. The van der Waals surface area contributed by atoms with Crippen LogP contribution in [0.4, 0.5) is 16.9 Å². The zero-order chi connectivity index (χ0) is 36.4. The molecular weight excluding hydrogens is 939 g/mol. The average Bonchev–Trinajstić information content (AvgIpc) is 3.79. The van der Waals surface area contributed by atoms with Gasteiger partial charge in [0.05, 0.1) is 0 Å². The van der Waals surface area contributed by atoms with Gasteiger partial charge in [-0.2, -0.15) is 0 Å². The van der Waals surface area contributed by atoms with Gasteiger partial charge < -0.3 is 0 Å². The van der Waals surface area contributed by atoms with Gasteiger partial charge in [-0.15, -0.1) is 0 Å². The predicted molar refractivity (Wildman–Crippen MR) is 195 cm³/mol. The van der Waals surface area contributed by atoms with Crippen LogP contribution in [-0.4, -0.2) is 19.5 Å². The summed E-state index contributed by atoms with van der Waals surface area (Å²) in [4.78, 5) is 0. The molecule has 0 heterocycles. The maximum atomic E-state index is 9.93. The molecule has 0 aromatic heterocycles.